The predicted molar refractivity (Wildman–Crippen MR) is 82.6 cm³/mol. The second-order valence-corrected chi connectivity index (χ2v) is 6.63. The van der Waals surface area contributed by atoms with Crippen LogP contribution in [0.4, 0.5) is 0 Å². The van der Waals surface area contributed by atoms with Gasteiger partial charge in [-0.2, -0.15) is 0 Å². The van der Waals surface area contributed by atoms with Gasteiger partial charge >= 0.3 is 0 Å². The molecule has 1 saturated heterocycles. The number of benzene rings is 1. The van der Waals surface area contributed by atoms with E-state index in [4.69, 9.17) is 0 Å². The van der Waals surface area contributed by atoms with E-state index in [1.807, 2.05) is 6.20 Å². The number of aromatic nitrogens is 1. The Morgan fingerprint density at radius 2 is 2.10 bits per heavy atom. The Balaban J connectivity index is 1.71. The molecule has 2 heterocycles. The van der Waals surface area contributed by atoms with Gasteiger partial charge in [-0.1, -0.05) is 42.5 Å². The van der Waals surface area contributed by atoms with Crippen LogP contribution in [0.1, 0.15) is 36.0 Å². The Morgan fingerprint density at radius 1 is 1.25 bits per heavy atom. The minimum atomic E-state index is 0.435. The Hall–Kier alpha value is -1.45. The zero-order valence-electron chi connectivity index (χ0n) is 11.5. The third kappa shape index (κ3) is 1.85. The number of hydrogen-bond donors (Lipinski definition) is 0. The highest BCUT2D eigenvalue weighted by molar-refractivity contribution is 7.09. The number of likely N-dealkylation sites (tertiary alicyclic amines) is 1. The quantitative estimate of drug-likeness (QED) is 0.784. The van der Waals surface area contributed by atoms with Gasteiger partial charge in [0.25, 0.3) is 0 Å². The number of fused-ring (bicyclic) bond motifs is 2. The highest BCUT2D eigenvalue weighted by atomic mass is 32.1. The van der Waals surface area contributed by atoms with E-state index in [1.165, 1.54) is 17.0 Å². The second-order valence-electron chi connectivity index (χ2n) is 5.70. The summed E-state index contributed by atoms with van der Waals surface area (Å²) in [7, 11) is 0. The van der Waals surface area contributed by atoms with Crippen LogP contribution in [-0.2, 0) is 0 Å². The highest BCUT2D eigenvalue weighted by Gasteiger charge is 2.46. The first kappa shape index (κ1) is 12.3. The summed E-state index contributed by atoms with van der Waals surface area (Å²) in [6, 6.07) is 12.3. The lowest BCUT2D eigenvalue weighted by Gasteiger charge is -2.36. The smallest absolute Gasteiger partial charge is 0.110 e. The lowest BCUT2D eigenvalue weighted by molar-refractivity contribution is 0.145. The van der Waals surface area contributed by atoms with Gasteiger partial charge in [0.2, 0.25) is 0 Å². The molecular formula is C17H18N2S. The van der Waals surface area contributed by atoms with Gasteiger partial charge in [0.05, 0.1) is 6.04 Å². The van der Waals surface area contributed by atoms with Crippen molar-refractivity contribution in [3.8, 4) is 0 Å². The molecule has 0 saturated carbocycles. The summed E-state index contributed by atoms with van der Waals surface area (Å²) in [5, 5.41) is 3.36. The van der Waals surface area contributed by atoms with Crippen LogP contribution in [0.3, 0.4) is 0 Å². The molecule has 3 heteroatoms. The topological polar surface area (TPSA) is 16.1 Å². The van der Waals surface area contributed by atoms with Crippen molar-refractivity contribution >= 4 is 11.3 Å². The number of thiazole rings is 1. The molecule has 0 N–H and O–H groups in total. The average molecular weight is 282 g/mol. The van der Waals surface area contributed by atoms with E-state index in [1.54, 1.807) is 11.3 Å². The molecule has 2 aliphatic rings. The molecule has 0 amide bonds. The van der Waals surface area contributed by atoms with Gasteiger partial charge in [-0.25, -0.2) is 4.98 Å². The van der Waals surface area contributed by atoms with E-state index in [2.05, 4.69) is 64.7 Å². The summed E-state index contributed by atoms with van der Waals surface area (Å²) >= 11 is 1.79. The Labute approximate surface area is 123 Å². The zero-order chi connectivity index (χ0) is 13.5. The number of nitrogens with zero attached hydrogens (tertiary/aromatic N) is 2. The number of rotatable bonds is 3. The van der Waals surface area contributed by atoms with Crippen molar-refractivity contribution in [1.82, 2.24) is 9.88 Å². The van der Waals surface area contributed by atoms with Crippen molar-refractivity contribution in [3.63, 3.8) is 0 Å². The Kier molecular flexibility index (Phi) is 2.97. The monoisotopic (exact) mass is 282 g/mol. The molecule has 2 nitrogen and oxygen atoms in total. The molecule has 1 aliphatic carbocycles. The van der Waals surface area contributed by atoms with Gasteiger partial charge in [0.15, 0.2) is 0 Å². The molecule has 2 aromatic rings. The van der Waals surface area contributed by atoms with Crippen LogP contribution >= 0.6 is 11.3 Å². The molecule has 0 spiro atoms. The van der Waals surface area contributed by atoms with E-state index in [-0.39, 0.29) is 0 Å². The fourth-order valence-corrected chi connectivity index (χ4v) is 4.53. The largest absolute Gasteiger partial charge is 0.280 e. The summed E-state index contributed by atoms with van der Waals surface area (Å²) in [4.78, 5) is 7.24. The van der Waals surface area contributed by atoms with Crippen LogP contribution in [0.5, 0.6) is 0 Å². The van der Waals surface area contributed by atoms with Crippen molar-refractivity contribution in [2.24, 2.45) is 5.92 Å². The third-order valence-electron chi connectivity index (χ3n) is 4.64. The van der Waals surface area contributed by atoms with Crippen LogP contribution in [0.2, 0.25) is 0 Å². The summed E-state index contributed by atoms with van der Waals surface area (Å²) in [5.41, 5.74) is 1.40. The molecule has 4 rings (SSSR count). The normalized spacial score (nSPS) is 29.9. The third-order valence-corrected chi connectivity index (χ3v) is 5.48. The maximum Gasteiger partial charge on any atom is 0.110 e. The highest BCUT2D eigenvalue weighted by Crippen LogP contribution is 2.50. The molecule has 1 aliphatic heterocycles. The van der Waals surface area contributed by atoms with E-state index >= 15 is 0 Å². The van der Waals surface area contributed by atoms with E-state index in [0.29, 0.717) is 24.0 Å². The number of hydrogen-bond acceptors (Lipinski definition) is 3. The molecule has 0 radical (unpaired) electrons. The summed E-state index contributed by atoms with van der Waals surface area (Å²) in [6.07, 6.45) is 7.96. The van der Waals surface area contributed by atoms with E-state index in [0.717, 1.165) is 0 Å². The minimum Gasteiger partial charge on any atom is -0.280 e. The first-order chi connectivity index (χ1) is 9.84. The Morgan fingerprint density at radius 3 is 2.85 bits per heavy atom. The molecular weight excluding hydrogens is 264 g/mol. The van der Waals surface area contributed by atoms with Gasteiger partial charge in [-0.15, -0.1) is 11.3 Å². The summed E-state index contributed by atoms with van der Waals surface area (Å²) in [5.74, 6) is 0.636. The van der Waals surface area contributed by atoms with Crippen LogP contribution in [0.25, 0.3) is 0 Å². The Bertz CT molecular complexity index is 605. The van der Waals surface area contributed by atoms with Gasteiger partial charge < -0.3 is 0 Å². The van der Waals surface area contributed by atoms with Crippen molar-refractivity contribution in [3.05, 3.63) is 64.6 Å². The van der Waals surface area contributed by atoms with E-state index < -0.39 is 0 Å². The van der Waals surface area contributed by atoms with Gasteiger partial charge in [-0.3, -0.25) is 4.90 Å². The van der Waals surface area contributed by atoms with Gasteiger partial charge in [0, 0.05) is 29.6 Å². The second kappa shape index (κ2) is 4.83. The maximum absolute atomic E-state index is 4.59. The van der Waals surface area contributed by atoms with Gasteiger partial charge in [-0.05, 0) is 18.9 Å². The van der Waals surface area contributed by atoms with Crippen molar-refractivity contribution < 1.29 is 0 Å². The molecule has 0 unspecified atom stereocenters. The van der Waals surface area contributed by atoms with Crippen LogP contribution in [-0.4, -0.2) is 15.9 Å². The summed E-state index contributed by atoms with van der Waals surface area (Å²) in [6.45, 7) is 2.32. The predicted octanol–water partition coefficient (Wildman–Crippen LogP) is 4.21. The first-order valence-corrected chi connectivity index (χ1v) is 8.12. The zero-order valence-corrected chi connectivity index (χ0v) is 12.3. The fraction of sp³-hybridized carbons (Fsp3) is 0.353. The molecule has 1 aromatic heterocycles. The van der Waals surface area contributed by atoms with Crippen LogP contribution < -0.4 is 0 Å². The van der Waals surface area contributed by atoms with Crippen LogP contribution in [0, 0.1) is 5.92 Å². The lowest BCUT2D eigenvalue weighted by Crippen LogP contribution is -2.35. The van der Waals surface area contributed by atoms with Crippen LogP contribution in [0.15, 0.2) is 54.1 Å². The van der Waals surface area contributed by atoms with Crippen molar-refractivity contribution in [2.75, 3.05) is 0 Å². The maximum atomic E-state index is 4.59. The standard InChI is InChI=1S/C17H18N2S/c1-12(13-5-3-2-4-6-13)19-15-8-7-14(11-15)16(19)17-18-9-10-20-17/h2-10,12,14-16H,11H2,1H3/t12-,14-,15+,16+/m0/s1. The average Bonchev–Trinajstić information content (AvgIpc) is 3.22. The molecule has 20 heavy (non-hydrogen) atoms. The molecule has 1 aromatic carbocycles. The van der Waals surface area contributed by atoms with Gasteiger partial charge in [0.1, 0.15) is 5.01 Å². The first-order valence-electron chi connectivity index (χ1n) is 7.24. The minimum absolute atomic E-state index is 0.435. The lowest BCUT2D eigenvalue weighted by atomic mass is 9.99. The SMILES string of the molecule is C[C@@H](c1ccccc1)N1[C@@H]2C=C[C@@H](C2)[C@@H]1c1nccs1. The van der Waals surface area contributed by atoms with Crippen molar-refractivity contribution in [1.29, 1.82) is 0 Å². The fourth-order valence-electron chi connectivity index (χ4n) is 3.71. The molecule has 4 atom stereocenters. The molecule has 102 valence electrons. The summed E-state index contributed by atoms with van der Waals surface area (Å²) < 4.78 is 0. The molecule has 2 bridgehead atoms. The molecule has 1 fully saturated rings. The van der Waals surface area contributed by atoms with E-state index in [9.17, 15) is 0 Å². The van der Waals surface area contributed by atoms with Crippen molar-refractivity contribution in [2.45, 2.75) is 31.5 Å².